The minimum atomic E-state index is -4.04. The molecule has 0 amide bonds. The molecule has 0 bridgehead atoms. The van der Waals surface area contributed by atoms with Gasteiger partial charge in [0, 0.05) is 16.1 Å². The molecule has 0 N–H and O–H groups in total. The van der Waals surface area contributed by atoms with E-state index in [1.54, 1.807) is 30.3 Å². The predicted molar refractivity (Wildman–Crippen MR) is 67.2 cm³/mol. The van der Waals surface area contributed by atoms with Crippen LogP contribution >= 0.6 is 22.3 Å². The monoisotopic (exact) mass is 288 g/mol. The Balaban J connectivity index is 3.00. The van der Waals surface area contributed by atoms with Crippen molar-refractivity contribution in [1.82, 2.24) is 0 Å². The molecule has 0 spiro atoms. The van der Waals surface area contributed by atoms with Crippen LogP contribution in [0.1, 0.15) is 10.4 Å². The van der Waals surface area contributed by atoms with Gasteiger partial charge in [0.15, 0.2) is 0 Å². The topological polar surface area (TPSA) is 51.2 Å². The van der Waals surface area contributed by atoms with Crippen LogP contribution in [0.5, 0.6) is 0 Å². The highest BCUT2D eigenvalue weighted by Crippen LogP contribution is 2.30. The Hall–Kier alpha value is -1.10. The predicted octanol–water partition coefficient (Wildman–Crippen LogP) is 3.15. The van der Waals surface area contributed by atoms with Crippen molar-refractivity contribution >= 4 is 47.3 Å². The maximum atomic E-state index is 11.5. The van der Waals surface area contributed by atoms with Crippen molar-refractivity contribution in [3.8, 4) is 0 Å². The maximum Gasteiger partial charge on any atom is 0.262 e. The van der Waals surface area contributed by atoms with Crippen molar-refractivity contribution in [3.63, 3.8) is 0 Å². The van der Waals surface area contributed by atoms with Gasteiger partial charge in [-0.2, -0.15) is 0 Å². The fraction of sp³-hybridized carbons (Fsp3) is 0. The minimum Gasteiger partial charge on any atom is -0.276 e. The first-order chi connectivity index (χ1) is 7.91. The van der Waals surface area contributed by atoms with Crippen LogP contribution in [-0.2, 0) is 9.05 Å². The lowest BCUT2D eigenvalue weighted by Gasteiger charge is -2.07. The summed E-state index contributed by atoms with van der Waals surface area (Å²) >= 11 is 5.35. The highest BCUT2D eigenvalue weighted by molar-refractivity contribution is 8.14. The lowest BCUT2D eigenvalue weighted by Crippen LogP contribution is -2.02. The Labute approximate surface area is 107 Å². The van der Waals surface area contributed by atoms with Crippen molar-refractivity contribution in [3.05, 3.63) is 42.0 Å². The Morgan fingerprint density at radius 3 is 2.29 bits per heavy atom. The van der Waals surface area contributed by atoms with Crippen LogP contribution in [-0.4, -0.2) is 13.7 Å². The number of benzene rings is 2. The Kier molecular flexibility index (Phi) is 3.12. The van der Waals surface area contributed by atoms with Gasteiger partial charge in [-0.1, -0.05) is 30.3 Å². The Bertz CT molecular complexity index is 708. The lowest BCUT2D eigenvalue weighted by molar-refractivity contribution is 0.107. The first-order valence-corrected chi connectivity index (χ1v) is 7.26. The molecule has 0 atom stereocenters. The van der Waals surface area contributed by atoms with Crippen LogP contribution in [0.15, 0.2) is 41.3 Å². The maximum absolute atomic E-state index is 11.5. The average Bonchev–Trinajstić information content (AvgIpc) is 2.26. The molecule has 17 heavy (non-hydrogen) atoms. The zero-order valence-corrected chi connectivity index (χ0v) is 10.7. The molecule has 0 aliphatic heterocycles. The third-order valence-electron chi connectivity index (χ3n) is 2.34. The van der Waals surface area contributed by atoms with Crippen LogP contribution in [0.3, 0.4) is 0 Å². The highest BCUT2D eigenvalue weighted by Gasteiger charge is 2.22. The van der Waals surface area contributed by atoms with Crippen molar-refractivity contribution in [2.45, 2.75) is 4.90 Å². The second-order valence-corrected chi connectivity index (χ2v) is 6.22. The second-order valence-electron chi connectivity index (χ2n) is 3.37. The van der Waals surface area contributed by atoms with Gasteiger partial charge in [-0.15, -0.1) is 0 Å². The molecular weight excluding hydrogens is 283 g/mol. The highest BCUT2D eigenvalue weighted by atomic mass is 35.7. The summed E-state index contributed by atoms with van der Waals surface area (Å²) in [5, 5.41) is 0.206. The Morgan fingerprint density at radius 1 is 1.06 bits per heavy atom. The first-order valence-electron chi connectivity index (χ1n) is 4.57. The molecule has 0 aliphatic carbocycles. The largest absolute Gasteiger partial charge is 0.276 e. The number of rotatable bonds is 2. The van der Waals surface area contributed by atoms with Gasteiger partial charge < -0.3 is 0 Å². The van der Waals surface area contributed by atoms with E-state index < -0.39 is 14.3 Å². The molecular formula is C11H6Cl2O3S. The van der Waals surface area contributed by atoms with E-state index in [2.05, 4.69) is 0 Å². The molecule has 0 fully saturated rings. The molecule has 0 radical (unpaired) electrons. The number of carbonyl (C=O) groups excluding carboxylic acids is 1. The van der Waals surface area contributed by atoms with Crippen LogP contribution in [0.4, 0.5) is 0 Å². The van der Waals surface area contributed by atoms with Crippen LogP contribution < -0.4 is 0 Å². The molecule has 6 heteroatoms. The zero-order chi connectivity index (χ0) is 12.6. The number of hydrogen-bond donors (Lipinski definition) is 0. The third kappa shape index (κ3) is 2.29. The first kappa shape index (κ1) is 12.4. The molecule has 88 valence electrons. The normalized spacial score (nSPS) is 11.6. The van der Waals surface area contributed by atoms with Crippen LogP contribution in [0.25, 0.3) is 10.8 Å². The van der Waals surface area contributed by atoms with E-state index in [1.165, 1.54) is 6.07 Å². The van der Waals surface area contributed by atoms with E-state index in [4.69, 9.17) is 22.3 Å². The van der Waals surface area contributed by atoms with E-state index in [1.807, 2.05) is 0 Å². The lowest BCUT2D eigenvalue weighted by atomic mass is 10.1. The Morgan fingerprint density at radius 2 is 1.71 bits per heavy atom. The van der Waals surface area contributed by atoms with Gasteiger partial charge in [-0.05, 0) is 23.1 Å². The summed E-state index contributed by atoms with van der Waals surface area (Å²) in [5.41, 5.74) is -0.111. The minimum absolute atomic E-state index is 0.111. The van der Waals surface area contributed by atoms with E-state index in [-0.39, 0.29) is 10.5 Å². The summed E-state index contributed by atoms with van der Waals surface area (Å²) < 4.78 is 23.1. The van der Waals surface area contributed by atoms with E-state index in [9.17, 15) is 13.2 Å². The number of hydrogen-bond acceptors (Lipinski definition) is 3. The number of fused-ring (bicyclic) bond motifs is 1. The van der Waals surface area contributed by atoms with E-state index in [0.717, 1.165) is 0 Å². The van der Waals surface area contributed by atoms with E-state index in [0.29, 0.717) is 10.8 Å². The molecule has 0 unspecified atom stereocenters. The summed E-state index contributed by atoms with van der Waals surface area (Å²) in [6, 6.07) is 9.70. The molecule has 0 aliphatic rings. The van der Waals surface area contributed by atoms with Gasteiger partial charge in [0.2, 0.25) is 0 Å². The average molecular weight is 289 g/mol. The fourth-order valence-electron chi connectivity index (χ4n) is 1.66. The molecule has 0 saturated carbocycles. The second kappa shape index (κ2) is 4.29. The summed E-state index contributed by atoms with van der Waals surface area (Å²) in [4.78, 5) is 11.0. The van der Waals surface area contributed by atoms with Gasteiger partial charge in [-0.25, -0.2) is 8.42 Å². The van der Waals surface area contributed by atoms with Gasteiger partial charge in [0.1, 0.15) is 4.90 Å². The van der Waals surface area contributed by atoms with Crippen molar-refractivity contribution < 1.29 is 13.2 Å². The van der Waals surface area contributed by atoms with Crippen molar-refractivity contribution in [1.29, 1.82) is 0 Å². The quantitative estimate of drug-likeness (QED) is 0.798. The van der Waals surface area contributed by atoms with Crippen LogP contribution in [0, 0.1) is 0 Å². The van der Waals surface area contributed by atoms with Gasteiger partial charge >= 0.3 is 0 Å². The molecule has 0 saturated heterocycles. The van der Waals surface area contributed by atoms with Crippen LogP contribution in [0.2, 0.25) is 0 Å². The third-order valence-corrected chi connectivity index (χ3v) is 3.93. The molecule has 0 heterocycles. The molecule has 3 nitrogen and oxygen atoms in total. The summed E-state index contributed by atoms with van der Waals surface area (Å²) in [6.07, 6.45) is 0. The molecule has 0 aromatic heterocycles. The molecule has 2 aromatic rings. The summed E-state index contributed by atoms with van der Waals surface area (Å²) in [5.74, 6) is 0. The summed E-state index contributed by atoms with van der Waals surface area (Å²) in [6.45, 7) is 0. The standard InChI is InChI=1S/C11H6Cl2O3S/c12-11(14)9-6-5-7-3-1-2-4-8(7)10(9)17(13,15)16/h1-6H. The fourth-order valence-corrected chi connectivity index (χ4v) is 3.24. The molecule has 2 aromatic carbocycles. The van der Waals surface area contributed by atoms with Gasteiger partial charge in [-0.3, -0.25) is 4.79 Å². The smallest absolute Gasteiger partial charge is 0.262 e. The zero-order valence-electron chi connectivity index (χ0n) is 8.35. The van der Waals surface area contributed by atoms with Crippen molar-refractivity contribution in [2.75, 3.05) is 0 Å². The van der Waals surface area contributed by atoms with Gasteiger partial charge in [0.05, 0.1) is 5.56 Å². The summed E-state index contributed by atoms with van der Waals surface area (Å²) in [7, 11) is 1.31. The number of carbonyl (C=O) groups is 1. The van der Waals surface area contributed by atoms with Gasteiger partial charge in [0.25, 0.3) is 14.3 Å². The van der Waals surface area contributed by atoms with E-state index >= 15 is 0 Å². The number of halogens is 2. The molecule has 2 rings (SSSR count). The SMILES string of the molecule is O=C(Cl)c1ccc2ccccc2c1S(=O)(=O)Cl. The van der Waals surface area contributed by atoms with Crippen molar-refractivity contribution in [2.24, 2.45) is 0 Å².